The smallest absolute Gasteiger partial charge is 0.201 e. The summed E-state index contributed by atoms with van der Waals surface area (Å²) in [5.74, 6) is 0.879. The van der Waals surface area contributed by atoms with Gasteiger partial charge in [-0.05, 0) is 30.2 Å². The fraction of sp³-hybridized carbons (Fsp3) is 0.381. The molecule has 0 amide bonds. The molecule has 5 nitrogen and oxygen atoms in total. The predicted octanol–water partition coefficient (Wildman–Crippen LogP) is 3.94. The van der Waals surface area contributed by atoms with E-state index in [9.17, 15) is 0 Å². The molecule has 0 saturated carbocycles. The van der Waals surface area contributed by atoms with Crippen molar-refractivity contribution in [2.45, 2.75) is 13.3 Å². The van der Waals surface area contributed by atoms with Crippen LogP contribution in [-0.2, 0) is 6.42 Å². The van der Waals surface area contributed by atoms with E-state index in [4.69, 9.17) is 4.98 Å². The fourth-order valence-corrected chi connectivity index (χ4v) is 3.66. The topological polar surface area (TPSA) is 47.2 Å². The van der Waals surface area contributed by atoms with E-state index in [1.54, 1.807) is 0 Å². The Balaban J connectivity index is 0.00000210. The third-order valence-electron chi connectivity index (χ3n) is 5.19. The Labute approximate surface area is 171 Å². The van der Waals surface area contributed by atoms with Crippen LogP contribution in [0.1, 0.15) is 12.5 Å². The molecule has 1 aliphatic rings. The molecule has 0 atom stereocenters. The summed E-state index contributed by atoms with van der Waals surface area (Å²) >= 11 is 0. The Kier molecular flexibility index (Phi) is 6.74. The molecule has 1 fully saturated rings. The average Bonchev–Trinajstić information content (AvgIpc) is 3.12. The lowest BCUT2D eigenvalue weighted by molar-refractivity contribution is 0.267. The highest BCUT2D eigenvalue weighted by atomic mass is 79.9. The lowest BCUT2D eigenvalue weighted by atomic mass is 10.1. The van der Waals surface area contributed by atoms with Crippen LogP contribution in [0.3, 0.4) is 0 Å². The second-order valence-electron chi connectivity index (χ2n) is 6.84. The Morgan fingerprint density at radius 2 is 1.78 bits per heavy atom. The first kappa shape index (κ1) is 19.7. The summed E-state index contributed by atoms with van der Waals surface area (Å²) in [5, 5.41) is 3.45. The zero-order chi connectivity index (χ0) is 17.8. The van der Waals surface area contributed by atoms with E-state index in [0.29, 0.717) is 0 Å². The van der Waals surface area contributed by atoms with Gasteiger partial charge >= 0.3 is 0 Å². The Morgan fingerprint density at radius 1 is 1.00 bits per heavy atom. The standard InChI is InChI=1S/C21H27N5.BrH/c1-2-17-7-6-10-19-20(17)24-21(23-19)22-11-12-25-13-15-26(16-14-25)18-8-4-3-5-9-18;/h3-10H,2,11-16H2,1H3,(H2,22,23,24);1H. The first-order valence-corrected chi connectivity index (χ1v) is 9.57. The van der Waals surface area contributed by atoms with Crippen molar-refractivity contribution in [1.29, 1.82) is 0 Å². The normalized spacial score (nSPS) is 14.9. The van der Waals surface area contributed by atoms with Crippen LogP contribution in [0.15, 0.2) is 48.5 Å². The van der Waals surface area contributed by atoms with Gasteiger partial charge in [-0.25, -0.2) is 4.98 Å². The van der Waals surface area contributed by atoms with E-state index in [2.05, 4.69) is 75.6 Å². The quantitative estimate of drug-likeness (QED) is 0.622. The highest BCUT2D eigenvalue weighted by Crippen LogP contribution is 2.19. The minimum atomic E-state index is 0. The molecule has 144 valence electrons. The molecule has 3 aromatic rings. The number of aromatic nitrogens is 2. The van der Waals surface area contributed by atoms with Crippen molar-refractivity contribution >= 4 is 39.7 Å². The fourth-order valence-electron chi connectivity index (χ4n) is 3.66. The number of aromatic amines is 1. The van der Waals surface area contributed by atoms with Gasteiger partial charge in [0.25, 0.3) is 0 Å². The molecule has 0 unspecified atom stereocenters. The van der Waals surface area contributed by atoms with Crippen LogP contribution in [0.5, 0.6) is 0 Å². The number of piperazine rings is 1. The Morgan fingerprint density at radius 3 is 2.52 bits per heavy atom. The van der Waals surface area contributed by atoms with Crippen LogP contribution in [-0.4, -0.2) is 54.1 Å². The number of benzene rings is 2. The van der Waals surface area contributed by atoms with Gasteiger partial charge < -0.3 is 15.2 Å². The SMILES string of the molecule is Br.CCc1cccc2[nH]c(NCCN3CCN(c4ccccc4)CC3)nc12. The number of nitrogens with one attached hydrogen (secondary N) is 2. The number of H-pyrrole nitrogens is 1. The zero-order valence-corrected chi connectivity index (χ0v) is 17.5. The molecule has 0 bridgehead atoms. The molecule has 6 heteroatoms. The molecule has 4 rings (SSSR count). The van der Waals surface area contributed by atoms with Crippen molar-refractivity contribution in [3.05, 3.63) is 54.1 Å². The number of hydrogen-bond donors (Lipinski definition) is 2. The summed E-state index contributed by atoms with van der Waals surface area (Å²) in [6, 6.07) is 17.0. The molecule has 2 heterocycles. The number of hydrogen-bond acceptors (Lipinski definition) is 4. The second-order valence-corrected chi connectivity index (χ2v) is 6.84. The highest BCUT2D eigenvalue weighted by Gasteiger charge is 2.16. The van der Waals surface area contributed by atoms with Gasteiger partial charge in [-0.3, -0.25) is 4.90 Å². The Bertz CT molecular complexity index is 840. The molecule has 0 radical (unpaired) electrons. The lowest BCUT2D eigenvalue weighted by Gasteiger charge is -2.36. The second kappa shape index (κ2) is 9.24. The highest BCUT2D eigenvalue weighted by molar-refractivity contribution is 8.93. The van der Waals surface area contributed by atoms with Crippen LogP contribution in [0.2, 0.25) is 0 Å². The maximum absolute atomic E-state index is 4.72. The summed E-state index contributed by atoms with van der Waals surface area (Å²) in [6.07, 6.45) is 1.01. The van der Waals surface area contributed by atoms with Gasteiger partial charge in [0.15, 0.2) is 0 Å². The largest absolute Gasteiger partial charge is 0.369 e. The molecule has 1 aromatic heterocycles. The van der Waals surface area contributed by atoms with Crippen molar-refractivity contribution in [1.82, 2.24) is 14.9 Å². The maximum Gasteiger partial charge on any atom is 0.201 e. The molecule has 2 N–H and O–H groups in total. The van der Waals surface area contributed by atoms with E-state index in [0.717, 1.165) is 62.7 Å². The van der Waals surface area contributed by atoms with E-state index < -0.39 is 0 Å². The van der Waals surface area contributed by atoms with Gasteiger partial charge in [0.1, 0.15) is 0 Å². The molecule has 1 saturated heterocycles. The Hall–Kier alpha value is -2.05. The van der Waals surface area contributed by atoms with Crippen molar-refractivity contribution in [3.63, 3.8) is 0 Å². The van der Waals surface area contributed by atoms with E-state index in [1.165, 1.54) is 11.3 Å². The number of para-hydroxylation sites is 2. The number of imidazole rings is 1. The molecular weight excluding hydrogens is 402 g/mol. The first-order valence-electron chi connectivity index (χ1n) is 9.57. The van der Waals surface area contributed by atoms with E-state index >= 15 is 0 Å². The van der Waals surface area contributed by atoms with Gasteiger partial charge in [-0.1, -0.05) is 37.3 Å². The number of rotatable bonds is 6. The summed E-state index contributed by atoms with van der Waals surface area (Å²) in [5.41, 5.74) is 4.83. The number of nitrogens with zero attached hydrogens (tertiary/aromatic N) is 3. The molecule has 27 heavy (non-hydrogen) atoms. The van der Waals surface area contributed by atoms with Crippen molar-refractivity contribution < 1.29 is 0 Å². The lowest BCUT2D eigenvalue weighted by Crippen LogP contribution is -2.47. The molecule has 2 aromatic carbocycles. The van der Waals surface area contributed by atoms with Gasteiger partial charge in [-0.15, -0.1) is 17.0 Å². The molecule has 0 spiro atoms. The van der Waals surface area contributed by atoms with Gasteiger partial charge in [0, 0.05) is 45.0 Å². The van der Waals surface area contributed by atoms with E-state index in [1.807, 2.05) is 0 Å². The van der Waals surface area contributed by atoms with Crippen molar-refractivity contribution in [2.75, 3.05) is 49.5 Å². The molecule has 0 aliphatic carbocycles. The number of anilines is 2. The predicted molar refractivity (Wildman–Crippen MR) is 119 cm³/mol. The van der Waals surface area contributed by atoms with Gasteiger partial charge in [0.2, 0.25) is 5.95 Å². The number of aryl methyl sites for hydroxylation is 1. The van der Waals surface area contributed by atoms with Crippen molar-refractivity contribution in [2.24, 2.45) is 0 Å². The minimum absolute atomic E-state index is 0. The third-order valence-corrected chi connectivity index (χ3v) is 5.19. The average molecular weight is 430 g/mol. The van der Waals surface area contributed by atoms with Crippen LogP contribution in [0, 0.1) is 0 Å². The summed E-state index contributed by atoms with van der Waals surface area (Å²) in [7, 11) is 0. The molecular formula is C21H28BrN5. The van der Waals surface area contributed by atoms with Crippen LogP contribution in [0.25, 0.3) is 11.0 Å². The van der Waals surface area contributed by atoms with E-state index in [-0.39, 0.29) is 17.0 Å². The third kappa shape index (κ3) is 4.62. The first-order chi connectivity index (χ1) is 12.8. The van der Waals surface area contributed by atoms with Crippen LogP contribution >= 0.6 is 17.0 Å². The number of fused-ring (bicyclic) bond motifs is 1. The maximum atomic E-state index is 4.72. The van der Waals surface area contributed by atoms with Gasteiger partial charge in [-0.2, -0.15) is 0 Å². The molecule has 1 aliphatic heterocycles. The van der Waals surface area contributed by atoms with Crippen molar-refractivity contribution in [3.8, 4) is 0 Å². The summed E-state index contributed by atoms with van der Waals surface area (Å²) in [4.78, 5) is 13.1. The van der Waals surface area contributed by atoms with Crippen LogP contribution in [0.4, 0.5) is 11.6 Å². The minimum Gasteiger partial charge on any atom is -0.369 e. The monoisotopic (exact) mass is 429 g/mol. The van der Waals surface area contributed by atoms with Gasteiger partial charge in [0.05, 0.1) is 11.0 Å². The van der Waals surface area contributed by atoms with Crippen LogP contribution < -0.4 is 10.2 Å². The zero-order valence-electron chi connectivity index (χ0n) is 15.8. The number of halogens is 1. The summed E-state index contributed by atoms with van der Waals surface area (Å²) < 4.78 is 0. The summed E-state index contributed by atoms with van der Waals surface area (Å²) in [6.45, 7) is 8.52.